The van der Waals surface area contributed by atoms with Gasteiger partial charge in [-0.05, 0) is 18.6 Å². The SMILES string of the molecule is C[C@@H](N)c1cncc(C#N)c1. The molecule has 0 unspecified atom stereocenters. The first kappa shape index (κ1) is 7.70. The molecule has 3 nitrogen and oxygen atoms in total. The highest BCUT2D eigenvalue weighted by atomic mass is 14.7. The van der Waals surface area contributed by atoms with E-state index in [1.165, 1.54) is 6.20 Å². The van der Waals surface area contributed by atoms with Crippen LogP contribution in [-0.4, -0.2) is 4.98 Å². The number of nitrogens with zero attached hydrogens (tertiary/aromatic N) is 2. The van der Waals surface area contributed by atoms with Crippen molar-refractivity contribution in [3.63, 3.8) is 0 Å². The Kier molecular flexibility index (Phi) is 2.19. The summed E-state index contributed by atoms with van der Waals surface area (Å²) in [6.45, 7) is 1.86. The van der Waals surface area contributed by atoms with E-state index in [0.717, 1.165) is 5.56 Å². The summed E-state index contributed by atoms with van der Waals surface area (Å²) < 4.78 is 0. The third kappa shape index (κ3) is 1.76. The maximum atomic E-state index is 8.51. The molecule has 1 heterocycles. The fraction of sp³-hybridized carbons (Fsp3) is 0.250. The summed E-state index contributed by atoms with van der Waals surface area (Å²) >= 11 is 0. The molecule has 1 atom stereocenters. The number of nitrogens with two attached hydrogens (primary N) is 1. The topological polar surface area (TPSA) is 62.7 Å². The summed E-state index contributed by atoms with van der Waals surface area (Å²) in [7, 11) is 0. The summed E-state index contributed by atoms with van der Waals surface area (Å²) in [6.07, 6.45) is 3.19. The Bertz CT molecular complexity index is 286. The van der Waals surface area contributed by atoms with Gasteiger partial charge in [0.15, 0.2) is 0 Å². The lowest BCUT2D eigenvalue weighted by Crippen LogP contribution is -2.05. The second-order valence-electron chi connectivity index (χ2n) is 2.41. The third-order valence-electron chi connectivity index (χ3n) is 1.41. The van der Waals surface area contributed by atoms with Gasteiger partial charge in [0.25, 0.3) is 0 Å². The summed E-state index contributed by atoms with van der Waals surface area (Å²) in [4.78, 5) is 3.87. The number of pyridine rings is 1. The minimum atomic E-state index is -0.0594. The lowest BCUT2D eigenvalue weighted by Gasteiger charge is -2.02. The zero-order valence-corrected chi connectivity index (χ0v) is 6.28. The molecule has 0 saturated heterocycles. The largest absolute Gasteiger partial charge is 0.324 e. The molecule has 0 aliphatic rings. The van der Waals surface area contributed by atoms with Crippen LogP contribution >= 0.6 is 0 Å². The molecule has 0 fully saturated rings. The average Bonchev–Trinajstić information content (AvgIpc) is 2.05. The van der Waals surface area contributed by atoms with Gasteiger partial charge in [0, 0.05) is 18.4 Å². The molecule has 0 amide bonds. The van der Waals surface area contributed by atoms with E-state index in [4.69, 9.17) is 11.0 Å². The zero-order valence-electron chi connectivity index (χ0n) is 6.28. The molecule has 3 heteroatoms. The van der Waals surface area contributed by atoms with Gasteiger partial charge in [-0.25, -0.2) is 0 Å². The van der Waals surface area contributed by atoms with E-state index in [-0.39, 0.29) is 6.04 Å². The van der Waals surface area contributed by atoms with E-state index in [1.54, 1.807) is 12.3 Å². The van der Waals surface area contributed by atoms with Gasteiger partial charge in [0.05, 0.1) is 5.56 Å². The molecule has 0 spiro atoms. The van der Waals surface area contributed by atoms with Crippen molar-refractivity contribution in [2.24, 2.45) is 5.73 Å². The van der Waals surface area contributed by atoms with E-state index in [2.05, 4.69) is 4.98 Å². The first-order valence-electron chi connectivity index (χ1n) is 3.34. The van der Waals surface area contributed by atoms with Crippen molar-refractivity contribution >= 4 is 0 Å². The highest BCUT2D eigenvalue weighted by molar-refractivity contribution is 5.30. The molecule has 1 rings (SSSR count). The van der Waals surface area contributed by atoms with Crippen LogP contribution in [0.4, 0.5) is 0 Å². The summed E-state index contributed by atoms with van der Waals surface area (Å²) in [5.74, 6) is 0. The van der Waals surface area contributed by atoms with Crippen LogP contribution in [0.2, 0.25) is 0 Å². The summed E-state index contributed by atoms with van der Waals surface area (Å²) in [5, 5.41) is 8.51. The number of nitriles is 1. The lowest BCUT2D eigenvalue weighted by molar-refractivity contribution is 0.811. The van der Waals surface area contributed by atoms with Gasteiger partial charge < -0.3 is 5.73 Å². The van der Waals surface area contributed by atoms with Gasteiger partial charge >= 0.3 is 0 Å². The maximum Gasteiger partial charge on any atom is 0.101 e. The first-order valence-corrected chi connectivity index (χ1v) is 3.34. The molecule has 0 aliphatic carbocycles. The van der Waals surface area contributed by atoms with Crippen LogP contribution < -0.4 is 5.73 Å². The van der Waals surface area contributed by atoms with Gasteiger partial charge in [0.2, 0.25) is 0 Å². The number of rotatable bonds is 1. The van der Waals surface area contributed by atoms with E-state index in [0.29, 0.717) is 5.56 Å². The van der Waals surface area contributed by atoms with Gasteiger partial charge in [-0.2, -0.15) is 5.26 Å². The predicted molar refractivity (Wildman–Crippen MR) is 41.6 cm³/mol. The molecule has 0 saturated carbocycles. The van der Waals surface area contributed by atoms with Crippen LogP contribution in [0.25, 0.3) is 0 Å². The van der Waals surface area contributed by atoms with E-state index >= 15 is 0 Å². The lowest BCUT2D eigenvalue weighted by atomic mass is 10.1. The molecule has 56 valence electrons. The third-order valence-corrected chi connectivity index (χ3v) is 1.41. The zero-order chi connectivity index (χ0) is 8.27. The molecule has 0 aromatic carbocycles. The Morgan fingerprint density at radius 3 is 2.91 bits per heavy atom. The predicted octanol–water partition coefficient (Wildman–Crippen LogP) is 0.973. The second-order valence-corrected chi connectivity index (χ2v) is 2.41. The van der Waals surface area contributed by atoms with Crippen molar-refractivity contribution in [1.29, 1.82) is 5.26 Å². The van der Waals surface area contributed by atoms with Gasteiger partial charge in [-0.3, -0.25) is 4.98 Å². The van der Waals surface area contributed by atoms with Crippen LogP contribution in [0.3, 0.4) is 0 Å². The Morgan fingerprint density at radius 2 is 2.36 bits per heavy atom. The van der Waals surface area contributed by atoms with Crippen molar-refractivity contribution in [2.45, 2.75) is 13.0 Å². The molecule has 0 bridgehead atoms. The summed E-state index contributed by atoms with van der Waals surface area (Å²) in [5.41, 5.74) is 7.04. The molecule has 11 heavy (non-hydrogen) atoms. The monoisotopic (exact) mass is 147 g/mol. The van der Waals surface area contributed by atoms with E-state index < -0.39 is 0 Å². The molecule has 1 aromatic rings. The maximum absolute atomic E-state index is 8.51. The Balaban J connectivity index is 3.03. The van der Waals surface area contributed by atoms with Crippen molar-refractivity contribution < 1.29 is 0 Å². The molecular weight excluding hydrogens is 138 g/mol. The van der Waals surface area contributed by atoms with Crippen LogP contribution in [0.5, 0.6) is 0 Å². The van der Waals surface area contributed by atoms with Crippen LogP contribution in [0.1, 0.15) is 24.1 Å². The Morgan fingerprint density at radius 1 is 1.64 bits per heavy atom. The average molecular weight is 147 g/mol. The van der Waals surface area contributed by atoms with Gasteiger partial charge in [-0.15, -0.1) is 0 Å². The first-order chi connectivity index (χ1) is 5.24. The van der Waals surface area contributed by atoms with Gasteiger partial charge in [0.1, 0.15) is 6.07 Å². The standard InChI is InChI=1S/C8H9N3/c1-6(10)8-2-7(3-9)4-11-5-8/h2,4-6H,10H2,1H3/t6-/m1/s1. The van der Waals surface area contributed by atoms with Crippen molar-refractivity contribution in [2.75, 3.05) is 0 Å². The minimum Gasteiger partial charge on any atom is -0.324 e. The Hall–Kier alpha value is -1.40. The van der Waals surface area contributed by atoms with Crippen LogP contribution in [0, 0.1) is 11.3 Å². The second kappa shape index (κ2) is 3.13. The molecule has 0 radical (unpaired) electrons. The summed E-state index contributed by atoms with van der Waals surface area (Å²) in [6, 6.07) is 3.69. The van der Waals surface area contributed by atoms with Crippen molar-refractivity contribution in [3.8, 4) is 6.07 Å². The molecular formula is C8H9N3. The normalized spacial score (nSPS) is 12.1. The number of hydrogen-bond donors (Lipinski definition) is 1. The van der Waals surface area contributed by atoms with Gasteiger partial charge in [-0.1, -0.05) is 0 Å². The number of aromatic nitrogens is 1. The molecule has 1 aromatic heterocycles. The van der Waals surface area contributed by atoms with Crippen molar-refractivity contribution in [3.05, 3.63) is 29.6 Å². The quantitative estimate of drug-likeness (QED) is 0.643. The van der Waals surface area contributed by atoms with E-state index in [1.807, 2.05) is 13.0 Å². The molecule has 0 aliphatic heterocycles. The highest BCUT2D eigenvalue weighted by Gasteiger charge is 1.99. The minimum absolute atomic E-state index is 0.0594. The molecule has 2 N–H and O–H groups in total. The fourth-order valence-corrected chi connectivity index (χ4v) is 0.768. The van der Waals surface area contributed by atoms with Crippen LogP contribution in [0.15, 0.2) is 18.5 Å². The van der Waals surface area contributed by atoms with Crippen molar-refractivity contribution in [1.82, 2.24) is 4.98 Å². The Labute approximate surface area is 65.5 Å². The fourth-order valence-electron chi connectivity index (χ4n) is 0.768. The van der Waals surface area contributed by atoms with E-state index in [9.17, 15) is 0 Å². The smallest absolute Gasteiger partial charge is 0.101 e. The number of hydrogen-bond acceptors (Lipinski definition) is 3. The highest BCUT2D eigenvalue weighted by Crippen LogP contribution is 2.08. The van der Waals surface area contributed by atoms with Crippen LogP contribution in [-0.2, 0) is 0 Å².